The van der Waals surface area contributed by atoms with Gasteiger partial charge in [-0.05, 0) is 27.7 Å². The molecule has 0 spiro atoms. The van der Waals surface area contributed by atoms with Crippen LogP contribution in [0.25, 0.3) is 5.65 Å². The second kappa shape index (κ2) is 7.42. The summed E-state index contributed by atoms with van der Waals surface area (Å²) in [6.07, 6.45) is 2.80. The number of nitrogens with zero attached hydrogens (tertiary/aromatic N) is 5. The van der Waals surface area contributed by atoms with Crippen LogP contribution in [0.3, 0.4) is 0 Å². The topological polar surface area (TPSA) is 89.3 Å². The van der Waals surface area contributed by atoms with Gasteiger partial charge < -0.3 is 19.3 Å². The molecule has 2 aromatic heterocycles. The minimum Gasteiger partial charge on any atom is -0.462 e. The lowest BCUT2D eigenvalue weighted by Gasteiger charge is -2.35. The fourth-order valence-corrected chi connectivity index (χ4v) is 2.78. The molecule has 1 fully saturated rings. The van der Waals surface area contributed by atoms with Crippen molar-refractivity contribution in [3.05, 3.63) is 24.0 Å². The minimum atomic E-state index is -0.502. The lowest BCUT2D eigenvalue weighted by atomic mass is 10.2. The second-order valence-electron chi connectivity index (χ2n) is 7.32. The van der Waals surface area contributed by atoms with Gasteiger partial charge in [-0.15, -0.1) is 5.10 Å². The molecule has 9 heteroatoms. The van der Waals surface area contributed by atoms with Crippen LogP contribution in [-0.4, -0.2) is 69.9 Å². The summed E-state index contributed by atoms with van der Waals surface area (Å²) in [6.45, 7) is 10.0. The standard InChI is InChI=1S/C18H25N5O4/c1-5-26-16(24)13-11-19-14-10-15(20-23(14)12-13)21-6-8-22(9-7-21)17(25)27-18(2,3)4/h10-12H,5-9H2,1-4H3. The molecule has 0 unspecified atom stereocenters. The van der Waals surface area contributed by atoms with Gasteiger partial charge in [-0.1, -0.05) is 0 Å². The number of carbonyl (C=O) groups excluding carboxylic acids is 2. The molecular weight excluding hydrogens is 350 g/mol. The van der Waals surface area contributed by atoms with Crippen LogP contribution in [0.15, 0.2) is 18.5 Å². The summed E-state index contributed by atoms with van der Waals surface area (Å²) in [5.74, 6) is 0.335. The molecular formula is C18H25N5O4. The number of fused-ring (bicyclic) bond motifs is 1. The van der Waals surface area contributed by atoms with Gasteiger partial charge in [0.2, 0.25) is 0 Å². The van der Waals surface area contributed by atoms with Gasteiger partial charge in [0.25, 0.3) is 0 Å². The molecule has 2 aromatic rings. The normalized spacial score (nSPS) is 15.1. The first-order valence-electron chi connectivity index (χ1n) is 9.02. The molecule has 0 bridgehead atoms. The van der Waals surface area contributed by atoms with Crippen molar-refractivity contribution in [3.63, 3.8) is 0 Å². The zero-order valence-electron chi connectivity index (χ0n) is 16.1. The van der Waals surface area contributed by atoms with E-state index >= 15 is 0 Å². The Labute approximate surface area is 157 Å². The van der Waals surface area contributed by atoms with Crippen LogP contribution in [0.2, 0.25) is 0 Å². The summed E-state index contributed by atoms with van der Waals surface area (Å²) in [6, 6.07) is 1.86. The molecule has 0 radical (unpaired) electrons. The molecule has 9 nitrogen and oxygen atoms in total. The highest BCUT2D eigenvalue weighted by atomic mass is 16.6. The molecule has 0 aliphatic carbocycles. The summed E-state index contributed by atoms with van der Waals surface area (Å²) in [4.78, 5) is 32.1. The van der Waals surface area contributed by atoms with Crippen LogP contribution in [-0.2, 0) is 9.47 Å². The van der Waals surface area contributed by atoms with E-state index in [9.17, 15) is 9.59 Å². The van der Waals surface area contributed by atoms with Crippen molar-refractivity contribution < 1.29 is 19.1 Å². The summed E-state index contributed by atoms with van der Waals surface area (Å²) >= 11 is 0. The van der Waals surface area contributed by atoms with E-state index < -0.39 is 11.6 Å². The highest BCUT2D eigenvalue weighted by molar-refractivity contribution is 5.88. The van der Waals surface area contributed by atoms with E-state index in [1.54, 1.807) is 22.5 Å². The van der Waals surface area contributed by atoms with E-state index in [1.165, 1.54) is 6.20 Å². The number of ether oxygens (including phenoxy) is 2. The van der Waals surface area contributed by atoms with Gasteiger partial charge >= 0.3 is 12.1 Å². The third kappa shape index (κ3) is 4.47. The van der Waals surface area contributed by atoms with E-state index in [2.05, 4.69) is 15.0 Å². The van der Waals surface area contributed by atoms with Crippen LogP contribution in [0.1, 0.15) is 38.1 Å². The van der Waals surface area contributed by atoms with Crippen LogP contribution < -0.4 is 4.90 Å². The monoisotopic (exact) mass is 375 g/mol. The molecule has 3 rings (SSSR count). The molecule has 27 heavy (non-hydrogen) atoms. The van der Waals surface area contributed by atoms with Crippen molar-refractivity contribution in [2.24, 2.45) is 0 Å². The van der Waals surface area contributed by atoms with Crippen molar-refractivity contribution >= 4 is 23.5 Å². The highest BCUT2D eigenvalue weighted by Gasteiger charge is 2.26. The number of hydrogen-bond acceptors (Lipinski definition) is 7. The fourth-order valence-electron chi connectivity index (χ4n) is 2.78. The molecule has 1 amide bonds. The van der Waals surface area contributed by atoms with Gasteiger partial charge in [0.1, 0.15) is 5.60 Å². The van der Waals surface area contributed by atoms with Crippen LogP contribution in [0.5, 0.6) is 0 Å². The van der Waals surface area contributed by atoms with Crippen LogP contribution in [0, 0.1) is 0 Å². The van der Waals surface area contributed by atoms with Gasteiger partial charge in [-0.25, -0.2) is 19.1 Å². The number of anilines is 1. The molecule has 146 valence electrons. The summed E-state index contributed by atoms with van der Waals surface area (Å²) in [7, 11) is 0. The second-order valence-corrected chi connectivity index (χ2v) is 7.32. The number of piperazine rings is 1. The fraction of sp³-hybridized carbons (Fsp3) is 0.556. The number of aromatic nitrogens is 3. The lowest BCUT2D eigenvalue weighted by Crippen LogP contribution is -2.50. The first-order chi connectivity index (χ1) is 12.8. The first kappa shape index (κ1) is 18.9. The molecule has 0 N–H and O–H groups in total. The average Bonchev–Trinajstić information content (AvgIpc) is 3.04. The molecule has 0 atom stereocenters. The Kier molecular flexibility index (Phi) is 5.20. The van der Waals surface area contributed by atoms with Crippen molar-refractivity contribution in [1.29, 1.82) is 0 Å². The zero-order chi connectivity index (χ0) is 19.6. The van der Waals surface area contributed by atoms with E-state index in [0.29, 0.717) is 44.0 Å². The Hall–Kier alpha value is -2.84. The maximum absolute atomic E-state index is 12.2. The van der Waals surface area contributed by atoms with Gasteiger partial charge in [-0.3, -0.25) is 0 Å². The van der Waals surface area contributed by atoms with Crippen molar-refractivity contribution in [2.75, 3.05) is 37.7 Å². The number of esters is 1. The van der Waals surface area contributed by atoms with E-state index in [4.69, 9.17) is 9.47 Å². The van der Waals surface area contributed by atoms with E-state index in [0.717, 1.165) is 5.82 Å². The lowest BCUT2D eigenvalue weighted by molar-refractivity contribution is 0.0240. The zero-order valence-corrected chi connectivity index (χ0v) is 16.1. The predicted octanol–water partition coefficient (Wildman–Crippen LogP) is 1.96. The molecule has 1 aliphatic rings. The molecule has 0 aromatic carbocycles. The highest BCUT2D eigenvalue weighted by Crippen LogP contribution is 2.18. The van der Waals surface area contributed by atoms with Crippen molar-refractivity contribution in [2.45, 2.75) is 33.3 Å². The maximum atomic E-state index is 12.2. The van der Waals surface area contributed by atoms with Crippen molar-refractivity contribution in [1.82, 2.24) is 19.5 Å². The quantitative estimate of drug-likeness (QED) is 0.758. The van der Waals surface area contributed by atoms with Gasteiger partial charge in [0.05, 0.1) is 12.2 Å². The van der Waals surface area contributed by atoms with Crippen LogP contribution >= 0.6 is 0 Å². The summed E-state index contributed by atoms with van der Waals surface area (Å²) < 4.78 is 12.0. The number of hydrogen-bond donors (Lipinski definition) is 0. The Morgan fingerprint density at radius 3 is 2.52 bits per heavy atom. The van der Waals surface area contributed by atoms with Gasteiger partial charge in [-0.2, -0.15) is 0 Å². The molecule has 1 saturated heterocycles. The third-order valence-electron chi connectivity index (χ3n) is 4.07. The smallest absolute Gasteiger partial charge is 0.410 e. The van der Waals surface area contributed by atoms with E-state index in [-0.39, 0.29) is 6.09 Å². The molecule has 3 heterocycles. The number of amides is 1. The maximum Gasteiger partial charge on any atom is 0.410 e. The Bertz CT molecular complexity index is 834. The number of rotatable bonds is 3. The summed E-state index contributed by atoms with van der Waals surface area (Å²) in [5.41, 5.74) is 0.499. The van der Waals surface area contributed by atoms with Crippen molar-refractivity contribution in [3.8, 4) is 0 Å². The Morgan fingerprint density at radius 2 is 1.89 bits per heavy atom. The van der Waals surface area contributed by atoms with E-state index in [1.807, 2.05) is 26.8 Å². The SMILES string of the molecule is CCOC(=O)c1cnc2cc(N3CCN(C(=O)OC(C)(C)C)CC3)nn2c1. The number of carbonyl (C=O) groups is 2. The Morgan fingerprint density at radius 1 is 1.19 bits per heavy atom. The third-order valence-corrected chi connectivity index (χ3v) is 4.07. The molecule has 1 aliphatic heterocycles. The van der Waals surface area contributed by atoms with Gasteiger partial charge in [0, 0.05) is 44.6 Å². The van der Waals surface area contributed by atoms with Crippen LogP contribution in [0.4, 0.5) is 10.6 Å². The largest absolute Gasteiger partial charge is 0.462 e. The Balaban J connectivity index is 1.67. The summed E-state index contributed by atoms with van der Waals surface area (Å²) in [5, 5.41) is 4.51. The molecule has 0 saturated carbocycles. The van der Waals surface area contributed by atoms with Gasteiger partial charge in [0.15, 0.2) is 11.5 Å². The minimum absolute atomic E-state index is 0.294. The average molecular weight is 375 g/mol. The predicted molar refractivity (Wildman–Crippen MR) is 99.0 cm³/mol. The first-order valence-corrected chi connectivity index (χ1v) is 9.02.